The molecule has 0 aliphatic rings. The summed E-state index contributed by atoms with van der Waals surface area (Å²) < 4.78 is 40.9. The number of aromatic nitrogens is 3. The monoisotopic (exact) mass is 286 g/mol. The number of carbonyl (C=O) groups is 1. The summed E-state index contributed by atoms with van der Waals surface area (Å²) in [6, 6.07) is 4.83. The smallest absolute Gasteiger partial charge is 0.406 e. The van der Waals surface area contributed by atoms with E-state index < -0.39 is 6.36 Å². The van der Waals surface area contributed by atoms with E-state index in [1.165, 1.54) is 29.5 Å². The Morgan fingerprint density at radius 2 is 2.00 bits per heavy atom. The van der Waals surface area contributed by atoms with E-state index in [1.807, 2.05) is 0 Å². The van der Waals surface area contributed by atoms with Crippen LogP contribution >= 0.6 is 0 Å². The second kappa shape index (κ2) is 5.59. The summed E-state index contributed by atoms with van der Waals surface area (Å²) in [6.07, 6.45) is -2.08. The van der Waals surface area contributed by atoms with E-state index in [2.05, 4.69) is 20.1 Å². The predicted octanol–water partition coefficient (Wildman–Crippen LogP) is 1.82. The molecule has 0 saturated heterocycles. The summed E-state index contributed by atoms with van der Waals surface area (Å²) in [5.41, 5.74) is 0.352. The molecule has 0 fully saturated rings. The van der Waals surface area contributed by atoms with Crippen LogP contribution in [0.3, 0.4) is 0 Å². The molecule has 0 bridgehead atoms. The molecule has 0 spiro atoms. The molecule has 20 heavy (non-hydrogen) atoms. The fraction of sp³-hybridized carbons (Fsp3) is 0.182. The first kappa shape index (κ1) is 13.8. The van der Waals surface area contributed by atoms with E-state index in [0.717, 1.165) is 12.1 Å². The highest BCUT2D eigenvalue weighted by molar-refractivity contribution is 5.90. The van der Waals surface area contributed by atoms with Crippen molar-refractivity contribution in [3.63, 3.8) is 0 Å². The molecule has 2 aromatic rings. The van der Waals surface area contributed by atoms with Gasteiger partial charge < -0.3 is 10.1 Å². The second-order valence-corrected chi connectivity index (χ2v) is 3.71. The Balaban J connectivity index is 1.92. The van der Waals surface area contributed by atoms with Crippen molar-refractivity contribution in [1.29, 1.82) is 0 Å². The van der Waals surface area contributed by atoms with Crippen LogP contribution in [0.25, 0.3) is 0 Å². The number of hydrogen-bond acceptors (Lipinski definition) is 4. The van der Waals surface area contributed by atoms with Crippen molar-refractivity contribution >= 4 is 11.6 Å². The number of hydrogen-bond donors (Lipinski definition) is 1. The summed E-state index contributed by atoms with van der Waals surface area (Å²) in [6.45, 7) is -0.0409. The molecule has 6 nitrogen and oxygen atoms in total. The Morgan fingerprint density at radius 1 is 1.30 bits per heavy atom. The van der Waals surface area contributed by atoms with Crippen LogP contribution in [0.15, 0.2) is 36.9 Å². The Kier molecular flexibility index (Phi) is 3.87. The minimum Gasteiger partial charge on any atom is -0.406 e. The third-order valence-corrected chi connectivity index (χ3v) is 2.14. The van der Waals surface area contributed by atoms with Crippen molar-refractivity contribution in [2.24, 2.45) is 0 Å². The van der Waals surface area contributed by atoms with Gasteiger partial charge in [-0.1, -0.05) is 0 Å². The first-order valence-corrected chi connectivity index (χ1v) is 5.40. The SMILES string of the molecule is O=C(Cn1cncn1)Nc1ccc(OC(F)(F)F)cc1. The van der Waals surface area contributed by atoms with E-state index in [9.17, 15) is 18.0 Å². The maximum absolute atomic E-state index is 12.0. The number of benzene rings is 1. The molecule has 0 unspecified atom stereocenters. The zero-order valence-corrected chi connectivity index (χ0v) is 9.96. The van der Waals surface area contributed by atoms with Crippen LogP contribution in [-0.2, 0) is 11.3 Å². The van der Waals surface area contributed by atoms with Crippen molar-refractivity contribution in [2.75, 3.05) is 5.32 Å². The summed E-state index contributed by atoms with van der Waals surface area (Å²) in [7, 11) is 0. The number of amides is 1. The number of nitrogens with one attached hydrogen (secondary N) is 1. The first-order chi connectivity index (χ1) is 9.42. The molecule has 1 heterocycles. The van der Waals surface area contributed by atoms with Crippen LogP contribution < -0.4 is 10.1 Å². The fourth-order valence-electron chi connectivity index (χ4n) is 1.40. The molecular formula is C11H9F3N4O2. The number of ether oxygens (including phenoxy) is 1. The van der Waals surface area contributed by atoms with Gasteiger partial charge in [0.15, 0.2) is 0 Å². The Bertz CT molecular complexity index is 566. The lowest BCUT2D eigenvalue weighted by atomic mass is 10.3. The van der Waals surface area contributed by atoms with E-state index in [1.54, 1.807) is 0 Å². The molecule has 0 aliphatic heterocycles. The van der Waals surface area contributed by atoms with Crippen molar-refractivity contribution in [1.82, 2.24) is 14.8 Å². The quantitative estimate of drug-likeness (QED) is 0.930. The van der Waals surface area contributed by atoms with Gasteiger partial charge in [-0.3, -0.25) is 4.79 Å². The van der Waals surface area contributed by atoms with Crippen LogP contribution in [0.1, 0.15) is 0 Å². The minimum atomic E-state index is -4.74. The molecule has 0 saturated carbocycles. The fourth-order valence-corrected chi connectivity index (χ4v) is 1.40. The molecule has 106 valence electrons. The van der Waals surface area contributed by atoms with E-state index in [4.69, 9.17) is 0 Å². The van der Waals surface area contributed by atoms with Gasteiger partial charge in [0.25, 0.3) is 0 Å². The van der Waals surface area contributed by atoms with Crippen LogP contribution in [0, 0.1) is 0 Å². The molecule has 0 radical (unpaired) electrons. The van der Waals surface area contributed by atoms with Gasteiger partial charge in [0.05, 0.1) is 0 Å². The average molecular weight is 286 g/mol. The highest BCUT2D eigenvalue weighted by Crippen LogP contribution is 2.23. The lowest BCUT2D eigenvalue weighted by molar-refractivity contribution is -0.274. The summed E-state index contributed by atoms with van der Waals surface area (Å²) >= 11 is 0. The number of halogens is 3. The van der Waals surface area contributed by atoms with Crippen molar-refractivity contribution in [3.8, 4) is 5.75 Å². The van der Waals surface area contributed by atoms with Crippen molar-refractivity contribution in [2.45, 2.75) is 12.9 Å². The third-order valence-electron chi connectivity index (χ3n) is 2.14. The normalized spacial score (nSPS) is 11.2. The number of alkyl halides is 3. The van der Waals surface area contributed by atoms with Gasteiger partial charge in [-0.05, 0) is 24.3 Å². The number of carbonyl (C=O) groups excluding carboxylic acids is 1. The zero-order chi connectivity index (χ0) is 14.6. The molecule has 9 heteroatoms. The van der Waals surface area contributed by atoms with Gasteiger partial charge in [-0.25, -0.2) is 9.67 Å². The standard InChI is InChI=1S/C11H9F3N4O2/c12-11(13,14)20-9-3-1-8(2-4-9)17-10(19)5-18-7-15-6-16-18/h1-4,6-7H,5H2,(H,17,19). The number of rotatable bonds is 4. The largest absolute Gasteiger partial charge is 0.573 e. The maximum atomic E-state index is 12.0. The molecule has 1 N–H and O–H groups in total. The van der Waals surface area contributed by atoms with Crippen molar-refractivity contribution in [3.05, 3.63) is 36.9 Å². The lowest BCUT2D eigenvalue weighted by Gasteiger charge is -2.09. The maximum Gasteiger partial charge on any atom is 0.573 e. The third kappa shape index (κ3) is 4.26. The summed E-state index contributed by atoms with van der Waals surface area (Å²) in [5.74, 6) is -0.730. The average Bonchev–Trinajstić information content (AvgIpc) is 2.82. The van der Waals surface area contributed by atoms with Gasteiger partial charge in [-0.15, -0.1) is 13.2 Å². The highest BCUT2D eigenvalue weighted by Gasteiger charge is 2.30. The number of anilines is 1. The molecule has 2 rings (SSSR count). The molecular weight excluding hydrogens is 277 g/mol. The minimum absolute atomic E-state index is 0.0409. The summed E-state index contributed by atoms with van der Waals surface area (Å²) in [4.78, 5) is 15.3. The van der Waals surface area contributed by atoms with E-state index >= 15 is 0 Å². The zero-order valence-electron chi connectivity index (χ0n) is 9.96. The van der Waals surface area contributed by atoms with E-state index in [0.29, 0.717) is 5.69 Å². The van der Waals surface area contributed by atoms with Crippen LogP contribution in [0.5, 0.6) is 5.75 Å². The van der Waals surface area contributed by atoms with Gasteiger partial charge in [0.2, 0.25) is 5.91 Å². The molecule has 1 aromatic heterocycles. The predicted molar refractivity (Wildman–Crippen MR) is 61.8 cm³/mol. The Morgan fingerprint density at radius 3 is 2.55 bits per heavy atom. The highest BCUT2D eigenvalue weighted by atomic mass is 19.4. The van der Waals surface area contributed by atoms with Gasteiger partial charge >= 0.3 is 6.36 Å². The van der Waals surface area contributed by atoms with Gasteiger partial charge in [0.1, 0.15) is 24.9 Å². The van der Waals surface area contributed by atoms with Gasteiger partial charge in [0, 0.05) is 5.69 Å². The Labute approximate surface area is 111 Å². The van der Waals surface area contributed by atoms with Crippen molar-refractivity contribution < 1.29 is 22.7 Å². The lowest BCUT2D eigenvalue weighted by Crippen LogP contribution is -2.19. The molecule has 0 atom stereocenters. The molecule has 0 aliphatic carbocycles. The second-order valence-electron chi connectivity index (χ2n) is 3.71. The molecule has 1 aromatic carbocycles. The molecule has 1 amide bonds. The topological polar surface area (TPSA) is 69.0 Å². The van der Waals surface area contributed by atoms with Gasteiger partial charge in [-0.2, -0.15) is 5.10 Å². The van der Waals surface area contributed by atoms with Crippen LogP contribution in [0.2, 0.25) is 0 Å². The van der Waals surface area contributed by atoms with Crippen LogP contribution in [-0.4, -0.2) is 27.0 Å². The van der Waals surface area contributed by atoms with E-state index in [-0.39, 0.29) is 18.2 Å². The first-order valence-electron chi connectivity index (χ1n) is 5.40. The van der Waals surface area contributed by atoms with Crippen LogP contribution in [0.4, 0.5) is 18.9 Å². The number of nitrogens with zero attached hydrogens (tertiary/aromatic N) is 3. The summed E-state index contributed by atoms with van der Waals surface area (Å²) in [5, 5.41) is 6.26. The Hall–Kier alpha value is -2.58.